The van der Waals surface area contributed by atoms with Crippen LogP contribution in [0.25, 0.3) is 0 Å². The number of hydrogen-bond acceptors (Lipinski definition) is 7. The second-order valence-electron chi connectivity index (χ2n) is 23.5. The van der Waals surface area contributed by atoms with Crippen molar-refractivity contribution < 1.29 is 53.8 Å². The summed E-state index contributed by atoms with van der Waals surface area (Å²) in [5.74, 6) is 2.21. The van der Waals surface area contributed by atoms with Gasteiger partial charge in [0.15, 0.2) is 33.3 Å². The maximum absolute atomic E-state index is 11.0. The molecule has 0 heterocycles. The van der Waals surface area contributed by atoms with Gasteiger partial charge in [-0.1, -0.05) is 81.9 Å². The number of hydrogen-bond donors (Lipinski definition) is 4. The van der Waals surface area contributed by atoms with Crippen LogP contribution in [0.1, 0.15) is 140 Å². The molecule has 0 saturated carbocycles. The molecule has 400 valence electrons. The molecule has 15 heteroatoms. The Hall–Kier alpha value is -0.0273. The van der Waals surface area contributed by atoms with E-state index in [0.717, 1.165) is 79.7 Å². The molecule has 0 fully saturated rings. The average Bonchev–Trinajstić information content (AvgIpc) is 3.16. The molecular formula is C54H98I2O7PtSi5. The van der Waals surface area contributed by atoms with E-state index in [9.17, 15) is 20.4 Å². The van der Waals surface area contributed by atoms with Crippen molar-refractivity contribution in [1.29, 1.82) is 0 Å². The van der Waals surface area contributed by atoms with Crippen LogP contribution in [0.15, 0.2) is 59.7 Å². The van der Waals surface area contributed by atoms with Crippen LogP contribution < -0.4 is 0 Å². The normalized spacial score (nSPS) is 19.0. The number of halogens is 2. The third-order valence-electron chi connectivity index (χ3n) is 12.5. The van der Waals surface area contributed by atoms with Crippen LogP contribution in [0.2, 0.25) is 84.6 Å². The van der Waals surface area contributed by atoms with Crippen LogP contribution in [0.3, 0.4) is 0 Å². The van der Waals surface area contributed by atoms with Gasteiger partial charge < -0.3 is 32.8 Å². The summed E-state index contributed by atoms with van der Waals surface area (Å²) in [6, 6.07) is 8.55. The number of allylic oxidation sites excluding steroid dienone is 5. The van der Waals surface area contributed by atoms with E-state index in [4.69, 9.17) is 12.3 Å². The quantitative estimate of drug-likeness (QED) is 0.0453. The monoisotopic (exact) mass is 1450 g/mol. The molecule has 4 N–H and O–H groups in total. The smallest absolute Gasteiger partial charge is 0.297 e. The van der Waals surface area contributed by atoms with Crippen LogP contribution in [-0.2, 0) is 46.3 Å². The molecule has 5 atom stereocenters. The van der Waals surface area contributed by atoms with Crippen molar-refractivity contribution in [2.24, 2.45) is 17.8 Å². The van der Waals surface area contributed by atoms with Crippen molar-refractivity contribution in [2.45, 2.75) is 215 Å². The molecule has 69 heavy (non-hydrogen) atoms. The Kier molecular flexibility index (Phi) is 32.4. The van der Waals surface area contributed by atoms with E-state index in [1.54, 1.807) is 0 Å². The van der Waals surface area contributed by atoms with Gasteiger partial charge in [0, 0.05) is 81.3 Å². The molecular weight excluding hydrogens is 1350 g/mol. The fourth-order valence-corrected chi connectivity index (χ4v) is 27.6. The van der Waals surface area contributed by atoms with Crippen molar-refractivity contribution >= 4 is 79.8 Å². The van der Waals surface area contributed by atoms with Crippen molar-refractivity contribution in [2.75, 3.05) is 0 Å². The maximum atomic E-state index is 11.0. The Balaban J connectivity index is 0.00000107. The summed E-state index contributed by atoms with van der Waals surface area (Å²) in [6.45, 7) is 44.1. The van der Waals surface area contributed by atoms with Gasteiger partial charge in [0.05, 0.1) is 0 Å². The van der Waals surface area contributed by atoms with Crippen molar-refractivity contribution in [1.82, 2.24) is 0 Å². The van der Waals surface area contributed by atoms with E-state index >= 15 is 0 Å². The second kappa shape index (κ2) is 32.4. The SMILES string of the molecule is C=C(C)[C@@H]1CCC(C)=C[C@H]1c1c(O)cc(CCCCC)cc1O.CCCCCc1cc(O)c([C@@H]2C=C(C)CC[C@H]2C(C)C[Si](C)(C)O[Si](C)(C)C)c(O)c1.C[SiH](O[Si](C)(C)C)O[Si](C)(C)C.II.[Pt]. The van der Waals surface area contributed by atoms with Gasteiger partial charge in [-0.15, -0.1) is 0 Å². The first-order valence-electron chi connectivity index (χ1n) is 25.7. The number of phenolic OH excluding ortho intramolecular Hbond substituents is 4. The van der Waals surface area contributed by atoms with Gasteiger partial charge in [-0.25, -0.2) is 0 Å². The number of aryl methyl sites for hydroxylation is 2. The predicted molar refractivity (Wildman–Crippen MR) is 325 cm³/mol. The van der Waals surface area contributed by atoms with Gasteiger partial charge >= 0.3 is 0 Å². The molecule has 0 spiro atoms. The molecule has 0 amide bonds. The molecule has 4 rings (SSSR count). The zero-order valence-corrected chi connectivity index (χ0v) is 58.2. The first-order chi connectivity index (χ1) is 31.4. The summed E-state index contributed by atoms with van der Waals surface area (Å²) in [5.41, 5.74) is 7.22. The van der Waals surface area contributed by atoms with Crippen LogP contribution in [0.4, 0.5) is 0 Å². The number of unbranched alkanes of at least 4 members (excludes halogenated alkanes) is 4. The van der Waals surface area contributed by atoms with Gasteiger partial charge in [0.25, 0.3) is 9.28 Å². The first kappa shape index (κ1) is 69.0. The molecule has 2 aromatic rings. The van der Waals surface area contributed by atoms with Crippen molar-refractivity contribution in [3.8, 4) is 23.0 Å². The number of rotatable bonds is 20. The molecule has 0 saturated heterocycles. The average molecular weight is 1450 g/mol. The van der Waals surface area contributed by atoms with Crippen molar-refractivity contribution in [3.05, 3.63) is 82.0 Å². The summed E-state index contributed by atoms with van der Waals surface area (Å²) in [7, 11) is -7.39. The Morgan fingerprint density at radius 3 is 1.41 bits per heavy atom. The number of benzene rings is 2. The molecule has 7 nitrogen and oxygen atoms in total. The van der Waals surface area contributed by atoms with Crippen LogP contribution >= 0.6 is 37.2 Å². The minimum atomic E-state index is -1.77. The number of phenols is 4. The maximum Gasteiger partial charge on any atom is 0.297 e. The van der Waals surface area contributed by atoms with E-state index in [1.807, 2.05) is 31.2 Å². The van der Waals surface area contributed by atoms with Crippen LogP contribution in [0, 0.1) is 17.8 Å². The van der Waals surface area contributed by atoms with Crippen molar-refractivity contribution in [3.63, 3.8) is 0 Å². The zero-order chi connectivity index (χ0) is 52.4. The van der Waals surface area contributed by atoms with E-state index in [0.29, 0.717) is 17.4 Å². The topological polar surface area (TPSA) is 109 Å². The number of aromatic hydroxyl groups is 4. The first-order valence-corrected chi connectivity index (χ1v) is 47.4. The Bertz CT molecular complexity index is 1850. The van der Waals surface area contributed by atoms with Gasteiger partial charge in [-0.2, -0.15) is 0 Å². The van der Waals surface area contributed by atoms with Gasteiger partial charge in [0.1, 0.15) is 23.0 Å². The third-order valence-corrected chi connectivity index (χ3v) is 27.1. The fourth-order valence-electron chi connectivity index (χ4n) is 10.2. The summed E-state index contributed by atoms with van der Waals surface area (Å²) in [4.78, 5) is 0. The fraction of sp³-hybridized carbons (Fsp3) is 0.667. The standard InChI is InChI=1S/C26H46O3Si2.C21H30O2.C7H22O2Si3.I2.Pt/c1-9-10-11-12-21-16-24(27)26(25(28)17-21)23-15-19(2)13-14-22(23)20(3)18-31(7,8)29-30(4,5)6;1-5-6-7-8-16-12-19(22)21(20(23)13-16)18-11-15(4)9-10-17(18)14(2)3;1-10(8-11(2,3)4)9-12(5,6)7;1-2;/h15-17,20,22-23,27-28H,9-14,18H2,1-8H3;11-13,17-18,22-23H,2,5-10H2,1,3-4H3;10H,1-7H3;;/t20?,22-,23+;17-,18+;;;/m00.../s1. The summed E-state index contributed by atoms with van der Waals surface area (Å²) in [6.07, 6.45) is 17.4. The van der Waals surface area contributed by atoms with Crippen LogP contribution in [0.5, 0.6) is 23.0 Å². The largest absolute Gasteiger partial charge is 0.507 e. The Morgan fingerprint density at radius 1 is 0.667 bits per heavy atom. The molecule has 0 aromatic heterocycles. The molecule has 0 aliphatic heterocycles. The van der Waals surface area contributed by atoms with Gasteiger partial charge in [0.2, 0.25) is 0 Å². The van der Waals surface area contributed by atoms with Gasteiger partial charge in [-0.05, 0) is 210 Å². The Labute approximate surface area is 466 Å². The minimum absolute atomic E-state index is 0. The molecule has 0 bridgehead atoms. The summed E-state index contributed by atoms with van der Waals surface area (Å²) >= 11 is 4.24. The van der Waals surface area contributed by atoms with E-state index < -0.39 is 42.6 Å². The molecule has 0 radical (unpaired) electrons. The van der Waals surface area contributed by atoms with E-state index in [2.05, 4.69) is 169 Å². The summed E-state index contributed by atoms with van der Waals surface area (Å²) in [5, 5.41) is 43.0. The molecule has 2 aliphatic carbocycles. The van der Waals surface area contributed by atoms with E-state index in [1.165, 1.54) is 36.8 Å². The van der Waals surface area contributed by atoms with Crippen LogP contribution in [-0.4, -0.2) is 63.0 Å². The summed E-state index contributed by atoms with van der Waals surface area (Å²) < 4.78 is 18.4. The zero-order valence-electron chi connectivity index (χ0n) is 46.4. The molecule has 2 aromatic carbocycles. The van der Waals surface area contributed by atoms with Gasteiger partial charge in [-0.3, -0.25) is 0 Å². The predicted octanol–water partition coefficient (Wildman–Crippen LogP) is 18.1. The Morgan fingerprint density at radius 2 is 1.04 bits per heavy atom. The van der Waals surface area contributed by atoms with E-state index in [-0.39, 0.29) is 61.8 Å². The molecule has 1 unspecified atom stereocenters. The third kappa shape index (κ3) is 26.8. The molecule has 2 aliphatic rings. The minimum Gasteiger partial charge on any atom is -0.507 e. The second-order valence-corrected chi connectivity index (χ2v) is 43.9.